The molecule has 0 unspecified atom stereocenters. The van der Waals surface area contributed by atoms with Crippen LogP contribution in [0.5, 0.6) is 11.5 Å². The lowest BCUT2D eigenvalue weighted by Gasteiger charge is -2.18. The number of hydrogen-bond donors (Lipinski definition) is 1. The summed E-state index contributed by atoms with van der Waals surface area (Å²) in [5.41, 5.74) is 2.02. The maximum Gasteiger partial charge on any atom is 0.247 e. The Bertz CT molecular complexity index is 759. The van der Waals surface area contributed by atoms with Gasteiger partial charge in [-0.3, -0.25) is 4.79 Å². The zero-order valence-electron chi connectivity index (χ0n) is 14.5. The molecule has 0 saturated heterocycles. The Hall–Kier alpha value is -2.46. The van der Waals surface area contributed by atoms with Gasteiger partial charge in [-0.1, -0.05) is 49.7 Å². The minimum atomic E-state index is -0.313. The summed E-state index contributed by atoms with van der Waals surface area (Å²) in [5.74, 6) is 0.920. The standard InChI is InChI=1S/C20H22ClNO3/c1-4-6-13-25-16-10-8-7-9-14(16)19-15(22-18(23)5-2)11-12-17(24-3)20(19)21/h5,7-12H,2,4,6,13H2,1,3H3,(H,22,23). The molecule has 2 aromatic rings. The van der Waals surface area contributed by atoms with Crippen LogP contribution in [-0.2, 0) is 4.79 Å². The fourth-order valence-electron chi connectivity index (χ4n) is 2.39. The zero-order chi connectivity index (χ0) is 18.2. The summed E-state index contributed by atoms with van der Waals surface area (Å²) in [7, 11) is 1.55. The smallest absolute Gasteiger partial charge is 0.247 e. The molecule has 0 atom stereocenters. The van der Waals surface area contributed by atoms with Crippen LogP contribution in [-0.4, -0.2) is 19.6 Å². The van der Waals surface area contributed by atoms with Gasteiger partial charge in [-0.2, -0.15) is 0 Å². The van der Waals surface area contributed by atoms with Gasteiger partial charge in [0, 0.05) is 11.1 Å². The van der Waals surface area contributed by atoms with E-state index in [1.54, 1.807) is 19.2 Å². The highest BCUT2D eigenvalue weighted by Gasteiger charge is 2.18. The van der Waals surface area contributed by atoms with Gasteiger partial charge in [0.1, 0.15) is 11.5 Å². The van der Waals surface area contributed by atoms with Gasteiger partial charge in [0.25, 0.3) is 0 Å². The van der Waals surface area contributed by atoms with Crippen LogP contribution < -0.4 is 14.8 Å². The minimum absolute atomic E-state index is 0.313. The number of amides is 1. The first-order valence-electron chi connectivity index (χ1n) is 8.14. The van der Waals surface area contributed by atoms with Crippen LogP contribution in [0.1, 0.15) is 19.8 Å². The Labute approximate surface area is 153 Å². The number of benzene rings is 2. The van der Waals surface area contributed by atoms with E-state index in [0.717, 1.165) is 18.4 Å². The number of hydrogen-bond acceptors (Lipinski definition) is 3. The number of rotatable bonds is 8. The first kappa shape index (κ1) is 18.9. The monoisotopic (exact) mass is 359 g/mol. The van der Waals surface area contributed by atoms with Crippen LogP contribution in [0.25, 0.3) is 11.1 Å². The number of ether oxygens (including phenoxy) is 2. The van der Waals surface area contributed by atoms with Crippen molar-refractivity contribution in [3.8, 4) is 22.6 Å². The Morgan fingerprint density at radius 3 is 2.68 bits per heavy atom. The lowest BCUT2D eigenvalue weighted by molar-refractivity contribution is -0.111. The van der Waals surface area contributed by atoms with Crippen LogP contribution in [0.2, 0.25) is 5.02 Å². The van der Waals surface area contributed by atoms with Gasteiger partial charge >= 0.3 is 0 Å². The van der Waals surface area contributed by atoms with Gasteiger partial charge in [0.15, 0.2) is 0 Å². The van der Waals surface area contributed by atoms with E-state index in [1.165, 1.54) is 6.08 Å². The van der Waals surface area contributed by atoms with Gasteiger partial charge in [0.05, 0.1) is 24.4 Å². The summed E-state index contributed by atoms with van der Waals surface area (Å²) in [6, 6.07) is 11.1. The molecule has 132 valence electrons. The van der Waals surface area contributed by atoms with Crippen molar-refractivity contribution in [2.24, 2.45) is 0 Å². The zero-order valence-corrected chi connectivity index (χ0v) is 15.2. The van der Waals surface area contributed by atoms with Crippen molar-refractivity contribution in [2.45, 2.75) is 19.8 Å². The van der Waals surface area contributed by atoms with E-state index < -0.39 is 0 Å². The fourth-order valence-corrected chi connectivity index (χ4v) is 2.74. The first-order chi connectivity index (χ1) is 12.1. The second kappa shape index (κ2) is 9.14. The van der Waals surface area contributed by atoms with E-state index in [0.29, 0.717) is 34.4 Å². The molecule has 0 aliphatic carbocycles. The highest BCUT2D eigenvalue weighted by molar-refractivity contribution is 6.36. The largest absolute Gasteiger partial charge is 0.495 e. The highest BCUT2D eigenvalue weighted by Crippen LogP contribution is 2.44. The van der Waals surface area contributed by atoms with Crippen molar-refractivity contribution in [3.05, 3.63) is 54.1 Å². The average molecular weight is 360 g/mol. The van der Waals surface area contributed by atoms with E-state index in [4.69, 9.17) is 21.1 Å². The highest BCUT2D eigenvalue weighted by atomic mass is 35.5. The lowest BCUT2D eigenvalue weighted by Crippen LogP contribution is -2.09. The van der Waals surface area contributed by atoms with E-state index in [9.17, 15) is 4.79 Å². The Morgan fingerprint density at radius 2 is 2.00 bits per heavy atom. The molecule has 1 N–H and O–H groups in total. The third kappa shape index (κ3) is 4.54. The molecule has 25 heavy (non-hydrogen) atoms. The summed E-state index contributed by atoms with van der Waals surface area (Å²) >= 11 is 6.55. The minimum Gasteiger partial charge on any atom is -0.495 e. The summed E-state index contributed by atoms with van der Waals surface area (Å²) in [6.45, 7) is 6.21. The molecule has 2 aromatic carbocycles. The van der Waals surface area contributed by atoms with Crippen molar-refractivity contribution < 1.29 is 14.3 Å². The van der Waals surface area contributed by atoms with Crippen molar-refractivity contribution in [3.63, 3.8) is 0 Å². The number of unbranched alkanes of at least 4 members (excludes halogenated alkanes) is 1. The van der Waals surface area contributed by atoms with Crippen molar-refractivity contribution in [1.29, 1.82) is 0 Å². The third-order valence-electron chi connectivity index (χ3n) is 3.68. The SMILES string of the molecule is C=CC(=O)Nc1ccc(OC)c(Cl)c1-c1ccccc1OCCCC. The second-order valence-electron chi connectivity index (χ2n) is 5.40. The van der Waals surface area contributed by atoms with Gasteiger partial charge < -0.3 is 14.8 Å². The number of anilines is 1. The summed E-state index contributed by atoms with van der Waals surface area (Å²) in [5, 5.41) is 3.21. The predicted octanol–water partition coefficient (Wildman–Crippen LogP) is 5.32. The molecule has 4 nitrogen and oxygen atoms in total. The van der Waals surface area contributed by atoms with E-state index in [-0.39, 0.29) is 5.91 Å². The van der Waals surface area contributed by atoms with E-state index >= 15 is 0 Å². The number of carbonyl (C=O) groups excluding carboxylic acids is 1. The molecule has 1 amide bonds. The third-order valence-corrected chi connectivity index (χ3v) is 4.06. The second-order valence-corrected chi connectivity index (χ2v) is 5.77. The molecule has 0 spiro atoms. The van der Waals surface area contributed by atoms with Gasteiger partial charge in [-0.05, 0) is 30.7 Å². The summed E-state index contributed by atoms with van der Waals surface area (Å²) < 4.78 is 11.2. The molecule has 0 fully saturated rings. The number of halogens is 1. The number of nitrogens with one attached hydrogen (secondary N) is 1. The topological polar surface area (TPSA) is 47.6 Å². The maximum absolute atomic E-state index is 11.8. The summed E-state index contributed by atoms with van der Waals surface area (Å²) in [6.07, 6.45) is 3.22. The van der Waals surface area contributed by atoms with E-state index in [1.807, 2.05) is 24.3 Å². The van der Waals surface area contributed by atoms with Gasteiger partial charge in [-0.15, -0.1) is 0 Å². The van der Waals surface area contributed by atoms with Gasteiger partial charge in [-0.25, -0.2) is 0 Å². The molecule has 0 aliphatic rings. The van der Waals surface area contributed by atoms with Crippen LogP contribution >= 0.6 is 11.6 Å². The number of carbonyl (C=O) groups is 1. The fraction of sp³-hybridized carbons (Fsp3) is 0.250. The van der Waals surface area contributed by atoms with Crippen LogP contribution in [0.15, 0.2) is 49.1 Å². The Balaban J connectivity index is 2.56. The molecule has 0 saturated carbocycles. The van der Waals surface area contributed by atoms with Crippen LogP contribution in [0.3, 0.4) is 0 Å². The number of para-hydroxylation sites is 1. The molecule has 0 aliphatic heterocycles. The van der Waals surface area contributed by atoms with Crippen LogP contribution in [0, 0.1) is 0 Å². The summed E-state index contributed by atoms with van der Waals surface area (Å²) in [4.78, 5) is 11.8. The maximum atomic E-state index is 11.8. The molecule has 0 bridgehead atoms. The molecule has 5 heteroatoms. The first-order valence-corrected chi connectivity index (χ1v) is 8.52. The normalized spacial score (nSPS) is 10.2. The molecular weight excluding hydrogens is 338 g/mol. The lowest BCUT2D eigenvalue weighted by atomic mass is 10.0. The van der Waals surface area contributed by atoms with Crippen molar-refractivity contribution >= 4 is 23.2 Å². The van der Waals surface area contributed by atoms with Gasteiger partial charge in [0.2, 0.25) is 5.91 Å². The van der Waals surface area contributed by atoms with Crippen molar-refractivity contribution in [2.75, 3.05) is 19.0 Å². The van der Waals surface area contributed by atoms with Crippen molar-refractivity contribution in [1.82, 2.24) is 0 Å². The van der Waals surface area contributed by atoms with Crippen LogP contribution in [0.4, 0.5) is 5.69 Å². The molecule has 0 radical (unpaired) electrons. The number of methoxy groups -OCH3 is 1. The Kier molecular flexibility index (Phi) is 6.90. The molecule has 0 aromatic heterocycles. The predicted molar refractivity (Wildman–Crippen MR) is 103 cm³/mol. The Morgan fingerprint density at radius 1 is 1.24 bits per heavy atom. The molecule has 0 heterocycles. The molecule has 2 rings (SSSR count). The quantitative estimate of drug-likeness (QED) is 0.512. The van der Waals surface area contributed by atoms with E-state index in [2.05, 4.69) is 18.8 Å². The average Bonchev–Trinajstić information content (AvgIpc) is 2.63. The molecular formula is C20H22ClNO3.